The molecule has 7 heteroatoms. The topological polar surface area (TPSA) is 104 Å². The van der Waals surface area contributed by atoms with E-state index >= 15 is 0 Å². The molecule has 0 aliphatic rings. The van der Waals surface area contributed by atoms with Crippen LogP contribution in [0.5, 0.6) is 5.75 Å². The van der Waals surface area contributed by atoms with E-state index in [2.05, 4.69) is 10.5 Å². The minimum absolute atomic E-state index is 0.164. The first-order chi connectivity index (χ1) is 10.6. The highest BCUT2D eigenvalue weighted by molar-refractivity contribution is 5.92. The zero-order valence-electron chi connectivity index (χ0n) is 11.7. The van der Waals surface area contributed by atoms with Crippen LogP contribution in [0.25, 0.3) is 0 Å². The van der Waals surface area contributed by atoms with Crippen molar-refractivity contribution in [2.24, 2.45) is 5.10 Å². The van der Waals surface area contributed by atoms with Crippen molar-refractivity contribution in [2.75, 3.05) is 0 Å². The third kappa shape index (κ3) is 4.20. The van der Waals surface area contributed by atoms with Crippen LogP contribution in [-0.2, 0) is 4.79 Å². The number of carboxylic acid groups (broad SMARTS) is 1. The summed E-state index contributed by atoms with van der Waals surface area (Å²) < 4.78 is 10.0. The first kappa shape index (κ1) is 15.3. The number of rotatable bonds is 6. The molecule has 1 heterocycles. The quantitative estimate of drug-likeness (QED) is 0.620. The van der Waals surface area contributed by atoms with Crippen LogP contribution in [0.2, 0.25) is 0 Å². The van der Waals surface area contributed by atoms with Crippen molar-refractivity contribution in [2.45, 2.75) is 13.0 Å². The predicted molar refractivity (Wildman–Crippen MR) is 75.3 cm³/mol. The summed E-state index contributed by atoms with van der Waals surface area (Å²) in [6, 6.07) is 9.64. The second-order valence-electron chi connectivity index (χ2n) is 4.32. The number of ether oxygens (including phenoxy) is 1. The van der Waals surface area contributed by atoms with E-state index in [1.54, 1.807) is 30.3 Å². The molecule has 1 aromatic heterocycles. The molecule has 2 rings (SSSR count). The van der Waals surface area contributed by atoms with Crippen molar-refractivity contribution in [3.63, 3.8) is 0 Å². The van der Waals surface area contributed by atoms with Crippen LogP contribution in [0.4, 0.5) is 0 Å². The van der Waals surface area contributed by atoms with Gasteiger partial charge < -0.3 is 19.1 Å². The number of carboxylic acids is 1. The van der Waals surface area contributed by atoms with Gasteiger partial charge in [0, 0.05) is 0 Å². The van der Waals surface area contributed by atoms with E-state index in [0.29, 0.717) is 11.3 Å². The summed E-state index contributed by atoms with van der Waals surface area (Å²) in [7, 11) is 0. The van der Waals surface area contributed by atoms with Crippen molar-refractivity contribution < 1.29 is 23.8 Å². The van der Waals surface area contributed by atoms with E-state index in [1.165, 1.54) is 25.5 Å². The van der Waals surface area contributed by atoms with Crippen molar-refractivity contribution in [1.29, 1.82) is 0 Å². The van der Waals surface area contributed by atoms with Gasteiger partial charge in [0.15, 0.2) is 5.76 Å². The summed E-state index contributed by atoms with van der Waals surface area (Å²) in [4.78, 5) is 22.1. The van der Waals surface area contributed by atoms with Gasteiger partial charge in [-0.25, -0.2) is 5.43 Å². The van der Waals surface area contributed by atoms with Gasteiger partial charge in [0.2, 0.25) is 0 Å². The van der Waals surface area contributed by atoms with E-state index in [-0.39, 0.29) is 5.76 Å². The number of amides is 1. The number of hydrogen-bond acceptors (Lipinski definition) is 6. The highest BCUT2D eigenvalue weighted by Crippen LogP contribution is 2.12. The van der Waals surface area contributed by atoms with E-state index in [4.69, 9.17) is 9.15 Å². The smallest absolute Gasteiger partial charge is 0.307 e. The number of hydrazone groups is 1. The van der Waals surface area contributed by atoms with Crippen molar-refractivity contribution in [3.05, 3.63) is 54.0 Å². The molecule has 0 fully saturated rings. The second kappa shape index (κ2) is 7.07. The molecular formula is C15H13N2O5-. The Hall–Kier alpha value is -3.09. The molecule has 0 aliphatic heterocycles. The third-order valence-corrected chi connectivity index (χ3v) is 2.65. The molecule has 2 aromatic rings. The van der Waals surface area contributed by atoms with Gasteiger partial charge in [-0.3, -0.25) is 4.79 Å². The minimum atomic E-state index is -1.29. The molecule has 0 unspecified atom stereocenters. The second-order valence-corrected chi connectivity index (χ2v) is 4.32. The number of benzene rings is 1. The summed E-state index contributed by atoms with van der Waals surface area (Å²) in [5.41, 5.74) is 3.02. The fraction of sp³-hybridized carbons (Fsp3) is 0.133. The molecule has 0 saturated carbocycles. The normalized spacial score (nSPS) is 12.0. The Labute approximate surface area is 126 Å². The lowest BCUT2D eigenvalue weighted by Crippen LogP contribution is -2.37. The minimum Gasteiger partial charge on any atom is -0.546 e. The van der Waals surface area contributed by atoms with Gasteiger partial charge in [0.05, 0.1) is 18.4 Å². The molecule has 0 spiro atoms. The van der Waals surface area contributed by atoms with Gasteiger partial charge in [-0.1, -0.05) is 0 Å². The number of nitrogens with zero attached hydrogens (tertiary/aromatic N) is 1. The van der Waals surface area contributed by atoms with Crippen LogP contribution in [-0.4, -0.2) is 24.2 Å². The van der Waals surface area contributed by atoms with Gasteiger partial charge in [0.25, 0.3) is 0 Å². The summed E-state index contributed by atoms with van der Waals surface area (Å²) in [5, 5.41) is 14.4. The average Bonchev–Trinajstić information content (AvgIpc) is 3.03. The number of hydrogen-bond donors (Lipinski definition) is 1. The molecule has 0 radical (unpaired) electrons. The van der Waals surface area contributed by atoms with Gasteiger partial charge >= 0.3 is 5.91 Å². The molecule has 114 valence electrons. The standard InChI is InChI=1S/C15H14N2O5/c1-10(15(19)20)22-12-6-4-11(5-7-12)9-16-17-14(18)13-3-2-8-21-13/h2-10H,1H3,(H,17,18)(H,19,20)/p-1/t10-/m0/s1. The molecule has 1 N–H and O–H groups in total. The van der Waals surface area contributed by atoms with Crippen LogP contribution in [0, 0.1) is 0 Å². The summed E-state index contributed by atoms with van der Waals surface area (Å²) in [6.07, 6.45) is 1.80. The molecule has 7 nitrogen and oxygen atoms in total. The van der Waals surface area contributed by atoms with Crippen molar-refractivity contribution in [1.82, 2.24) is 5.43 Å². The zero-order chi connectivity index (χ0) is 15.9. The van der Waals surface area contributed by atoms with Crippen molar-refractivity contribution >= 4 is 18.1 Å². The SMILES string of the molecule is C[C@H](Oc1ccc(C=NNC(=O)c2ccco2)cc1)C(=O)[O-]. The molecule has 1 atom stereocenters. The molecule has 1 aromatic carbocycles. The number of furan rings is 1. The third-order valence-electron chi connectivity index (χ3n) is 2.65. The first-order valence-electron chi connectivity index (χ1n) is 6.41. The van der Waals surface area contributed by atoms with Crippen LogP contribution < -0.4 is 15.3 Å². The Balaban J connectivity index is 1.89. The maximum absolute atomic E-state index is 11.5. The average molecular weight is 301 g/mol. The highest BCUT2D eigenvalue weighted by atomic mass is 16.5. The van der Waals surface area contributed by atoms with E-state index in [9.17, 15) is 14.7 Å². The number of nitrogens with one attached hydrogen (secondary N) is 1. The lowest BCUT2D eigenvalue weighted by molar-refractivity contribution is -0.312. The molecule has 0 bridgehead atoms. The van der Waals surface area contributed by atoms with Crippen LogP contribution in [0.15, 0.2) is 52.2 Å². The van der Waals surface area contributed by atoms with E-state index in [1.807, 2.05) is 0 Å². The van der Waals surface area contributed by atoms with Crippen LogP contribution >= 0.6 is 0 Å². The Morgan fingerprint density at radius 3 is 2.64 bits per heavy atom. The van der Waals surface area contributed by atoms with E-state index < -0.39 is 18.0 Å². The largest absolute Gasteiger partial charge is 0.546 e. The van der Waals surface area contributed by atoms with Gasteiger partial charge in [-0.2, -0.15) is 5.10 Å². The number of aliphatic carboxylic acids is 1. The molecule has 0 aliphatic carbocycles. The summed E-state index contributed by atoms with van der Waals surface area (Å²) in [5.74, 6) is -1.18. The highest BCUT2D eigenvalue weighted by Gasteiger charge is 2.06. The fourth-order valence-corrected chi connectivity index (χ4v) is 1.51. The van der Waals surface area contributed by atoms with Gasteiger partial charge in [-0.15, -0.1) is 0 Å². The zero-order valence-corrected chi connectivity index (χ0v) is 11.7. The van der Waals surface area contributed by atoms with Gasteiger partial charge in [0.1, 0.15) is 11.9 Å². The Kier molecular flexibility index (Phi) is 4.92. The first-order valence-corrected chi connectivity index (χ1v) is 6.41. The van der Waals surface area contributed by atoms with Crippen molar-refractivity contribution in [3.8, 4) is 5.75 Å². The molecule has 0 saturated heterocycles. The fourth-order valence-electron chi connectivity index (χ4n) is 1.51. The summed E-state index contributed by atoms with van der Waals surface area (Å²) in [6.45, 7) is 1.38. The van der Waals surface area contributed by atoms with Gasteiger partial charge in [-0.05, 0) is 48.9 Å². The predicted octanol–water partition coefficient (Wildman–Crippen LogP) is 0.561. The number of carbonyl (C=O) groups is 2. The lowest BCUT2D eigenvalue weighted by Gasteiger charge is -2.15. The molecule has 1 amide bonds. The maximum atomic E-state index is 11.5. The van der Waals surface area contributed by atoms with E-state index in [0.717, 1.165) is 0 Å². The molecule has 22 heavy (non-hydrogen) atoms. The Morgan fingerprint density at radius 2 is 2.05 bits per heavy atom. The Bertz CT molecular complexity index is 662. The lowest BCUT2D eigenvalue weighted by atomic mass is 10.2. The monoisotopic (exact) mass is 301 g/mol. The Morgan fingerprint density at radius 1 is 1.32 bits per heavy atom. The summed E-state index contributed by atoms with van der Waals surface area (Å²) >= 11 is 0. The van der Waals surface area contributed by atoms with Crippen LogP contribution in [0.3, 0.4) is 0 Å². The molecular weight excluding hydrogens is 288 g/mol. The maximum Gasteiger partial charge on any atom is 0.307 e. The van der Waals surface area contributed by atoms with Crippen LogP contribution in [0.1, 0.15) is 23.0 Å². The number of carbonyl (C=O) groups excluding carboxylic acids is 2.